The summed E-state index contributed by atoms with van der Waals surface area (Å²) in [7, 11) is -3.64. The summed E-state index contributed by atoms with van der Waals surface area (Å²) in [6.07, 6.45) is 0. The average molecular weight is 446 g/mol. The molecule has 1 saturated heterocycles. The first-order chi connectivity index (χ1) is 14.7. The van der Waals surface area contributed by atoms with Gasteiger partial charge in [0, 0.05) is 32.2 Å². The quantitative estimate of drug-likeness (QED) is 0.652. The number of nitriles is 1. The van der Waals surface area contributed by atoms with Crippen LogP contribution in [0.5, 0.6) is 0 Å². The second kappa shape index (κ2) is 9.72. The van der Waals surface area contributed by atoms with Crippen molar-refractivity contribution in [3.05, 3.63) is 47.2 Å². The molecule has 1 aromatic carbocycles. The summed E-state index contributed by atoms with van der Waals surface area (Å²) in [5.41, 5.74) is 0.977. The van der Waals surface area contributed by atoms with Crippen molar-refractivity contribution in [3.63, 3.8) is 0 Å². The van der Waals surface area contributed by atoms with Gasteiger partial charge in [-0.1, -0.05) is 17.3 Å². The van der Waals surface area contributed by atoms with E-state index in [1.807, 2.05) is 11.0 Å². The number of anilines is 1. The molecular weight excluding hydrogens is 422 g/mol. The highest BCUT2D eigenvalue weighted by Gasteiger charge is 2.26. The maximum atomic E-state index is 12.5. The number of benzene rings is 1. The molecular formula is C20H23N5O5S. The van der Waals surface area contributed by atoms with Gasteiger partial charge in [0.25, 0.3) is 0 Å². The molecule has 2 amide bonds. The summed E-state index contributed by atoms with van der Waals surface area (Å²) in [6.45, 7) is 3.50. The molecule has 2 aromatic rings. The van der Waals surface area contributed by atoms with Crippen LogP contribution in [0.15, 0.2) is 34.9 Å². The number of aryl methyl sites for hydroxylation is 1. The Morgan fingerprint density at radius 2 is 1.87 bits per heavy atom. The topological polar surface area (TPSA) is 137 Å². The fourth-order valence-corrected chi connectivity index (χ4v) is 4.59. The lowest BCUT2D eigenvalue weighted by Crippen LogP contribution is -2.51. The zero-order chi connectivity index (χ0) is 22.4. The first-order valence-electron chi connectivity index (χ1n) is 9.67. The van der Waals surface area contributed by atoms with Crippen LogP contribution < -0.4 is 5.32 Å². The maximum Gasteiger partial charge on any atom is 0.239 e. The SMILES string of the molecule is Cc1cc(NC(=O)CN2CCN(C(=O)CS(=O)(=O)Cc3ccc(C#N)cc3)CC2)no1. The number of nitrogens with zero attached hydrogens (tertiary/aromatic N) is 4. The first kappa shape index (κ1) is 22.5. The van der Waals surface area contributed by atoms with Gasteiger partial charge in [-0.3, -0.25) is 14.5 Å². The molecule has 0 bridgehead atoms. The Morgan fingerprint density at radius 1 is 1.19 bits per heavy atom. The highest BCUT2D eigenvalue weighted by atomic mass is 32.2. The van der Waals surface area contributed by atoms with Crippen LogP contribution in [0, 0.1) is 18.3 Å². The number of nitrogens with one attached hydrogen (secondary N) is 1. The van der Waals surface area contributed by atoms with Crippen molar-refractivity contribution >= 4 is 27.5 Å². The molecule has 2 heterocycles. The van der Waals surface area contributed by atoms with Gasteiger partial charge in [-0.05, 0) is 24.6 Å². The molecule has 0 saturated carbocycles. The van der Waals surface area contributed by atoms with E-state index in [0.29, 0.717) is 48.9 Å². The smallest absolute Gasteiger partial charge is 0.239 e. The number of rotatable bonds is 7. The number of piperazine rings is 1. The highest BCUT2D eigenvalue weighted by molar-refractivity contribution is 7.91. The second-order valence-corrected chi connectivity index (χ2v) is 9.43. The maximum absolute atomic E-state index is 12.5. The Balaban J connectivity index is 1.44. The van der Waals surface area contributed by atoms with Crippen molar-refractivity contribution < 1.29 is 22.5 Å². The van der Waals surface area contributed by atoms with Crippen LogP contribution in [0.1, 0.15) is 16.9 Å². The Kier molecular flexibility index (Phi) is 7.04. The number of hydrogen-bond donors (Lipinski definition) is 1. The number of carbonyl (C=O) groups excluding carboxylic acids is 2. The fraction of sp³-hybridized carbons (Fsp3) is 0.400. The zero-order valence-electron chi connectivity index (χ0n) is 17.1. The average Bonchev–Trinajstić information content (AvgIpc) is 3.12. The van der Waals surface area contributed by atoms with Crippen LogP contribution in [0.25, 0.3) is 0 Å². The molecule has 10 nitrogen and oxygen atoms in total. The summed E-state index contributed by atoms with van der Waals surface area (Å²) in [5.74, 6) is -0.570. The molecule has 1 N–H and O–H groups in total. The molecule has 0 atom stereocenters. The molecule has 164 valence electrons. The van der Waals surface area contributed by atoms with Gasteiger partial charge in [0.15, 0.2) is 15.7 Å². The standard InChI is InChI=1S/C20H23N5O5S/c1-15-10-18(23-30-15)22-19(26)12-24-6-8-25(9-7-24)20(27)14-31(28,29)13-17-4-2-16(11-21)3-5-17/h2-5,10H,6-9,12-14H2,1H3,(H,22,23,26). The summed E-state index contributed by atoms with van der Waals surface area (Å²) >= 11 is 0. The van der Waals surface area contributed by atoms with Crippen LogP contribution in [0.3, 0.4) is 0 Å². The van der Waals surface area contributed by atoms with Crippen molar-refractivity contribution in [2.24, 2.45) is 0 Å². The van der Waals surface area contributed by atoms with Gasteiger partial charge in [0.05, 0.1) is 23.9 Å². The van der Waals surface area contributed by atoms with E-state index in [9.17, 15) is 18.0 Å². The number of sulfone groups is 1. The fourth-order valence-electron chi connectivity index (χ4n) is 3.23. The van der Waals surface area contributed by atoms with E-state index >= 15 is 0 Å². The summed E-state index contributed by atoms with van der Waals surface area (Å²) < 4.78 is 29.7. The second-order valence-electron chi connectivity index (χ2n) is 7.37. The third kappa shape index (κ3) is 6.63. The first-order valence-corrected chi connectivity index (χ1v) is 11.5. The predicted octanol–water partition coefficient (Wildman–Crippen LogP) is 0.552. The minimum atomic E-state index is -3.64. The van der Waals surface area contributed by atoms with E-state index in [-0.39, 0.29) is 18.2 Å². The summed E-state index contributed by atoms with van der Waals surface area (Å²) in [6, 6.07) is 9.84. The van der Waals surface area contributed by atoms with Gasteiger partial charge < -0.3 is 14.7 Å². The Bertz CT molecular complexity index is 1080. The number of hydrogen-bond acceptors (Lipinski definition) is 8. The molecule has 31 heavy (non-hydrogen) atoms. The van der Waals surface area contributed by atoms with Crippen molar-refractivity contribution in [1.29, 1.82) is 5.26 Å². The molecule has 1 aliphatic heterocycles. The van der Waals surface area contributed by atoms with Crippen molar-refractivity contribution in [1.82, 2.24) is 15.0 Å². The van der Waals surface area contributed by atoms with Crippen LogP contribution in [-0.4, -0.2) is 73.7 Å². The molecule has 1 fully saturated rings. The van der Waals surface area contributed by atoms with Gasteiger partial charge in [-0.15, -0.1) is 0 Å². The monoisotopic (exact) mass is 445 g/mol. The Hall–Kier alpha value is -3.23. The lowest BCUT2D eigenvalue weighted by molar-refractivity contribution is -0.130. The van der Waals surface area contributed by atoms with E-state index in [4.69, 9.17) is 9.78 Å². The largest absolute Gasteiger partial charge is 0.360 e. The van der Waals surface area contributed by atoms with Gasteiger partial charge >= 0.3 is 0 Å². The van der Waals surface area contributed by atoms with Crippen LogP contribution in [-0.2, 0) is 25.2 Å². The number of carbonyl (C=O) groups is 2. The van der Waals surface area contributed by atoms with Crippen LogP contribution in [0.4, 0.5) is 5.82 Å². The van der Waals surface area contributed by atoms with Crippen molar-refractivity contribution in [2.75, 3.05) is 43.8 Å². The van der Waals surface area contributed by atoms with Gasteiger partial charge in [0.2, 0.25) is 11.8 Å². The minimum Gasteiger partial charge on any atom is -0.360 e. The van der Waals surface area contributed by atoms with E-state index in [1.54, 1.807) is 37.3 Å². The minimum absolute atomic E-state index is 0.144. The van der Waals surface area contributed by atoms with E-state index < -0.39 is 21.5 Å². The normalized spacial score (nSPS) is 14.8. The van der Waals surface area contributed by atoms with E-state index in [0.717, 1.165) is 0 Å². The highest BCUT2D eigenvalue weighted by Crippen LogP contribution is 2.11. The molecule has 0 radical (unpaired) electrons. The van der Waals surface area contributed by atoms with Crippen molar-refractivity contribution in [3.8, 4) is 6.07 Å². The molecule has 0 spiro atoms. The third-order valence-corrected chi connectivity index (χ3v) is 6.26. The molecule has 3 rings (SSSR count). The molecule has 1 aromatic heterocycles. The molecule has 1 aliphatic rings. The van der Waals surface area contributed by atoms with E-state index in [2.05, 4.69) is 10.5 Å². The van der Waals surface area contributed by atoms with Gasteiger partial charge in [-0.2, -0.15) is 5.26 Å². The lowest BCUT2D eigenvalue weighted by Gasteiger charge is -2.34. The Labute approximate surface area is 180 Å². The van der Waals surface area contributed by atoms with E-state index in [1.165, 1.54) is 4.90 Å². The third-order valence-electron chi connectivity index (χ3n) is 4.80. The zero-order valence-corrected chi connectivity index (χ0v) is 17.9. The summed E-state index contributed by atoms with van der Waals surface area (Å²) in [4.78, 5) is 28.0. The van der Waals surface area contributed by atoms with Crippen LogP contribution >= 0.6 is 0 Å². The van der Waals surface area contributed by atoms with Crippen molar-refractivity contribution in [2.45, 2.75) is 12.7 Å². The number of amides is 2. The molecule has 11 heteroatoms. The van der Waals surface area contributed by atoms with Crippen LogP contribution in [0.2, 0.25) is 0 Å². The molecule has 0 aliphatic carbocycles. The molecule has 0 unspecified atom stereocenters. The lowest BCUT2D eigenvalue weighted by atomic mass is 10.2. The van der Waals surface area contributed by atoms with Gasteiger partial charge in [0.1, 0.15) is 11.5 Å². The summed E-state index contributed by atoms with van der Waals surface area (Å²) in [5, 5.41) is 15.2. The predicted molar refractivity (Wildman–Crippen MR) is 112 cm³/mol. The Morgan fingerprint density at radius 3 is 2.45 bits per heavy atom. The number of aromatic nitrogens is 1. The van der Waals surface area contributed by atoms with Gasteiger partial charge in [-0.25, -0.2) is 8.42 Å².